The number of nitrogens with zero attached hydrogens (tertiary/aromatic N) is 2. The molecule has 0 N–H and O–H groups in total. The Bertz CT molecular complexity index is 1130. The quantitative estimate of drug-likeness (QED) is 0.432. The Kier molecular flexibility index (Phi) is 5.35. The van der Waals surface area contributed by atoms with Gasteiger partial charge in [-0.1, -0.05) is 91.0 Å². The van der Waals surface area contributed by atoms with E-state index in [0.29, 0.717) is 16.2 Å². The van der Waals surface area contributed by atoms with Crippen LogP contribution in [-0.2, 0) is 11.1 Å². The fourth-order valence-electron chi connectivity index (χ4n) is 3.41. The Morgan fingerprint density at radius 1 is 0.767 bits per heavy atom. The molecule has 4 aromatic rings. The molecule has 152 valence electrons. The predicted molar refractivity (Wildman–Crippen MR) is 113 cm³/mol. The zero-order valence-corrected chi connectivity index (χ0v) is 16.7. The van der Waals surface area contributed by atoms with Crippen LogP contribution in [0.2, 0.25) is 0 Å². The highest BCUT2D eigenvalue weighted by Gasteiger charge is 2.36. The van der Waals surface area contributed by atoms with Gasteiger partial charge >= 0.3 is 6.18 Å². The van der Waals surface area contributed by atoms with Gasteiger partial charge in [-0.15, -0.1) is 0 Å². The minimum absolute atomic E-state index is 0.287. The van der Waals surface area contributed by atoms with Crippen molar-refractivity contribution in [2.75, 3.05) is 0 Å². The molecule has 0 bridgehead atoms. The van der Waals surface area contributed by atoms with E-state index in [1.54, 1.807) is 72.8 Å². The molecule has 0 aliphatic rings. The van der Waals surface area contributed by atoms with E-state index in [2.05, 4.69) is 5.10 Å². The van der Waals surface area contributed by atoms with Crippen molar-refractivity contribution in [2.45, 2.75) is 12.7 Å². The van der Waals surface area contributed by atoms with Crippen LogP contribution < -0.4 is 15.9 Å². The first-order valence-corrected chi connectivity index (χ1v) is 11.0. The lowest BCUT2D eigenvalue weighted by molar-refractivity contribution is -0.142. The molecule has 0 unspecified atom stereocenters. The molecule has 0 saturated carbocycles. The molecule has 0 radical (unpaired) electrons. The number of rotatable bonds is 5. The maximum absolute atomic E-state index is 14.7. The highest BCUT2D eigenvalue weighted by Crippen LogP contribution is 2.45. The van der Waals surface area contributed by atoms with Crippen LogP contribution in [-0.4, -0.2) is 16.0 Å². The van der Waals surface area contributed by atoms with Crippen LogP contribution in [0.25, 0.3) is 11.3 Å². The van der Waals surface area contributed by atoms with Gasteiger partial charge < -0.3 is 4.57 Å². The third-order valence-electron chi connectivity index (χ3n) is 4.71. The van der Waals surface area contributed by atoms with Gasteiger partial charge in [0.2, 0.25) is 0 Å². The Morgan fingerprint density at radius 2 is 1.23 bits per heavy atom. The Labute approximate surface area is 172 Å². The monoisotopic (exact) mass is 426 g/mol. The first kappa shape index (κ1) is 20.2. The molecule has 1 aromatic heterocycles. The number of benzene rings is 3. The van der Waals surface area contributed by atoms with Crippen LogP contribution in [0.5, 0.6) is 0 Å². The van der Waals surface area contributed by atoms with Crippen molar-refractivity contribution in [3.05, 3.63) is 97.2 Å². The SMILES string of the molecule is O=P(c1ccccc1)(c1ccccc1)c1cn(CC(F)(F)F)nc1-c1ccccc1. The van der Waals surface area contributed by atoms with E-state index in [4.69, 9.17) is 0 Å². The summed E-state index contributed by atoms with van der Waals surface area (Å²) in [6.07, 6.45) is -3.17. The molecule has 0 atom stereocenters. The summed E-state index contributed by atoms with van der Waals surface area (Å²) in [6, 6.07) is 26.5. The Morgan fingerprint density at radius 3 is 1.70 bits per heavy atom. The molecule has 3 aromatic carbocycles. The average molecular weight is 426 g/mol. The smallest absolute Gasteiger partial charge is 0.308 e. The average Bonchev–Trinajstić information content (AvgIpc) is 3.17. The third-order valence-corrected chi connectivity index (χ3v) is 7.77. The zero-order chi connectivity index (χ0) is 21.2. The topological polar surface area (TPSA) is 34.9 Å². The predicted octanol–water partition coefficient (Wildman–Crippen LogP) is 4.75. The lowest BCUT2D eigenvalue weighted by Crippen LogP contribution is -2.25. The summed E-state index contributed by atoms with van der Waals surface area (Å²) in [4.78, 5) is 0. The van der Waals surface area contributed by atoms with Gasteiger partial charge in [0, 0.05) is 22.4 Å². The Balaban J connectivity index is 2.00. The number of halogens is 3. The van der Waals surface area contributed by atoms with E-state index in [1.807, 2.05) is 18.2 Å². The summed E-state index contributed by atoms with van der Waals surface area (Å²) in [6.45, 7) is -1.25. The Hall–Kier alpha value is -3.11. The van der Waals surface area contributed by atoms with Crippen LogP contribution in [0.15, 0.2) is 97.2 Å². The van der Waals surface area contributed by atoms with Crippen molar-refractivity contribution in [2.24, 2.45) is 0 Å². The highest BCUT2D eigenvalue weighted by atomic mass is 31.2. The van der Waals surface area contributed by atoms with Crippen LogP contribution in [0.3, 0.4) is 0 Å². The van der Waals surface area contributed by atoms with Crippen molar-refractivity contribution in [1.82, 2.24) is 9.78 Å². The number of alkyl halides is 3. The van der Waals surface area contributed by atoms with Crippen molar-refractivity contribution >= 4 is 23.1 Å². The number of hydrogen-bond donors (Lipinski definition) is 0. The van der Waals surface area contributed by atoms with Gasteiger partial charge in [0.15, 0.2) is 7.14 Å². The molecule has 7 heteroatoms. The molecule has 3 nitrogen and oxygen atoms in total. The summed E-state index contributed by atoms with van der Waals surface area (Å²) in [5, 5.41) is 5.58. The van der Waals surface area contributed by atoms with Gasteiger partial charge in [0.25, 0.3) is 0 Å². The second kappa shape index (κ2) is 7.96. The number of aromatic nitrogens is 2. The minimum Gasteiger partial charge on any atom is -0.308 e. The van der Waals surface area contributed by atoms with Crippen LogP contribution >= 0.6 is 7.14 Å². The van der Waals surface area contributed by atoms with Gasteiger partial charge in [-0.05, 0) is 0 Å². The molecule has 0 spiro atoms. The zero-order valence-electron chi connectivity index (χ0n) is 15.8. The highest BCUT2D eigenvalue weighted by molar-refractivity contribution is 7.85. The summed E-state index contributed by atoms with van der Waals surface area (Å²) >= 11 is 0. The fourth-order valence-corrected chi connectivity index (χ4v) is 6.22. The first-order valence-electron chi connectivity index (χ1n) is 9.29. The lowest BCUT2D eigenvalue weighted by atomic mass is 10.2. The van der Waals surface area contributed by atoms with Crippen LogP contribution in [0.4, 0.5) is 13.2 Å². The summed E-state index contributed by atoms with van der Waals surface area (Å²) in [7, 11) is -3.47. The molecule has 0 aliphatic carbocycles. The van der Waals surface area contributed by atoms with E-state index < -0.39 is 19.9 Å². The van der Waals surface area contributed by atoms with E-state index in [1.165, 1.54) is 6.20 Å². The maximum atomic E-state index is 14.7. The molecule has 4 rings (SSSR count). The van der Waals surface area contributed by atoms with Gasteiger partial charge in [0.05, 0.1) is 5.30 Å². The first-order chi connectivity index (χ1) is 14.4. The van der Waals surface area contributed by atoms with E-state index in [-0.39, 0.29) is 11.0 Å². The van der Waals surface area contributed by atoms with Crippen molar-refractivity contribution < 1.29 is 17.7 Å². The van der Waals surface area contributed by atoms with E-state index in [0.717, 1.165) is 4.68 Å². The fraction of sp³-hybridized carbons (Fsp3) is 0.0870. The maximum Gasteiger partial charge on any atom is 0.408 e. The number of hydrogen-bond acceptors (Lipinski definition) is 2. The van der Waals surface area contributed by atoms with E-state index in [9.17, 15) is 17.7 Å². The molecular weight excluding hydrogens is 408 g/mol. The normalized spacial score (nSPS) is 12.1. The molecule has 0 fully saturated rings. The molecule has 0 saturated heterocycles. The largest absolute Gasteiger partial charge is 0.408 e. The molecule has 30 heavy (non-hydrogen) atoms. The van der Waals surface area contributed by atoms with Gasteiger partial charge in [-0.2, -0.15) is 18.3 Å². The summed E-state index contributed by atoms with van der Waals surface area (Å²) < 4.78 is 54.8. The molecule has 0 aliphatic heterocycles. The van der Waals surface area contributed by atoms with E-state index >= 15 is 0 Å². The molecule has 1 heterocycles. The van der Waals surface area contributed by atoms with Crippen molar-refractivity contribution in [1.29, 1.82) is 0 Å². The minimum atomic E-state index is -4.44. The van der Waals surface area contributed by atoms with Crippen LogP contribution in [0.1, 0.15) is 0 Å². The van der Waals surface area contributed by atoms with Gasteiger partial charge in [0.1, 0.15) is 12.2 Å². The van der Waals surface area contributed by atoms with Crippen molar-refractivity contribution in [3.8, 4) is 11.3 Å². The third kappa shape index (κ3) is 3.96. The standard InChI is InChI=1S/C23H18F3N2OP/c24-23(25,26)17-28-16-21(22(27-28)18-10-4-1-5-11-18)30(29,19-12-6-2-7-13-19)20-14-8-3-9-15-20/h1-16H,17H2. The van der Waals surface area contributed by atoms with Crippen molar-refractivity contribution in [3.63, 3.8) is 0 Å². The summed E-state index contributed by atoms with van der Waals surface area (Å²) in [5.74, 6) is 0. The van der Waals surface area contributed by atoms with Crippen LogP contribution in [0, 0.1) is 0 Å². The van der Waals surface area contributed by atoms with Gasteiger partial charge in [-0.25, -0.2) is 0 Å². The second-order valence-corrected chi connectivity index (χ2v) is 9.56. The lowest BCUT2D eigenvalue weighted by Gasteiger charge is -2.19. The second-order valence-electron chi connectivity index (χ2n) is 6.82. The summed E-state index contributed by atoms with van der Waals surface area (Å²) in [5.41, 5.74) is 0.899. The van der Waals surface area contributed by atoms with Gasteiger partial charge in [-0.3, -0.25) is 4.68 Å². The molecular formula is C23H18F3N2OP. The molecule has 0 amide bonds.